The summed E-state index contributed by atoms with van der Waals surface area (Å²) in [4.78, 5) is 0.590. The smallest absolute Gasteiger partial charge is 0.244 e. The Morgan fingerprint density at radius 1 is 1.10 bits per heavy atom. The molecule has 9 heteroatoms. The summed E-state index contributed by atoms with van der Waals surface area (Å²) >= 11 is 4.70. The quantitative estimate of drug-likeness (QED) is 0.679. The summed E-state index contributed by atoms with van der Waals surface area (Å²) in [6.07, 6.45) is -1.09. The molecule has 2 aliphatic heterocycles. The van der Waals surface area contributed by atoms with E-state index in [1.807, 2.05) is 12.1 Å². The van der Waals surface area contributed by atoms with Crippen LogP contribution in [0.15, 0.2) is 40.2 Å². The number of nitrogens with zero attached hydrogens (tertiary/aromatic N) is 3. The minimum Gasteiger partial charge on any atom is -0.497 e. The number of hydrogen-bond acceptors (Lipinski definition) is 8. The number of rotatable bonds is 3. The van der Waals surface area contributed by atoms with Crippen LogP contribution in [0.2, 0.25) is 0 Å². The van der Waals surface area contributed by atoms with Gasteiger partial charge in [0.2, 0.25) is 17.1 Å². The van der Waals surface area contributed by atoms with E-state index in [0.717, 1.165) is 3.79 Å². The van der Waals surface area contributed by atoms with Crippen LogP contribution in [0.4, 0.5) is 0 Å². The second-order valence-electron chi connectivity index (χ2n) is 7.14. The summed E-state index contributed by atoms with van der Waals surface area (Å²) in [7, 11) is 1.55. The van der Waals surface area contributed by atoms with Crippen LogP contribution in [0.1, 0.15) is 23.5 Å². The molecule has 7 nitrogen and oxygen atoms in total. The molecule has 3 heterocycles. The third-order valence-electron chi connectivity index (χ3n) is 6.01. The Balaban J connectivity index is 2.00. The molecule has 2 saturated heterocycles. The lowest BCUT2D eigenvalue weighted by Crippen LogP contribution is -2.57. The zero-order chi connectivity index (χ0) is 21.7. The van der Waals surface area contributed by atoms with E-state index in [1.165, 1.54) is 11.3 Å². The summed E-state index contributed by atoms with van der Waals surface area (Å²) in [5, 5.41) is 39.2. The Morgan fingerprint density at radius 3 is 2.27 bits per heavy atom. The second-order valence-corrected chi connectivity index (χ2v) is 9.63. The lowest BCUT2D eigenvalue weighted by Gasteiger charge is -2.48. The van der Waals surface area contributed by atoms with Crippen molar-refractivity contribution in [2.24, 2.45) is 16.7 Å². The maximum Gasteiger partial charge on any atom is 0.244 e. The largest absolute Gasteiger partial charge is 0.497 e. The third kappa shape index (κ3) is 2.27. The van der Waals surface area contributed by atoms with E-state index >= 15 is 0 Å². The summed E-state index contributed by atoms with van der Waals surface area (Å²) < 4.78 is 18.4. The van der Waals surface area contributed by atoms with Gasteiger partial charge in [-0.3, -0.25) is 5.41 Å². The Hall–Kier alpha value is -2.90. The van der Waals surface area contributed by atoms with Crippen molar-refractivity contribution in [2.75, 3.05) is 7.11 Å². The summed E-state index contributed by atoms with van der Waals surface area (Å²) in [5.74, 6) is -2.11. The van der Waals surface area contributed by atoms with Gasteiger partial charge in [0.15, 0.2) is 5.41 Å². The average molecular weight is 483 g/mol. The number of methoxy groups -OCH3 is 1. The van der Waals surface area contributed by atoms with Gasteiger partial charge in [0, 0.05) is 10.4 Å². The van der Waals surface area contributed by atoms with Gasteiger partial charge in [0.1, 0.15) is 11.9 Å². The fraction of sp³-hybridized carbons (Fsp3) is 0.333. The second kappa shape index (κ2) is 6.82. The Labute approximate surface area is 185 Å². The Morgan fingerprint density at radius 2 is 1.77 bits per heavy atom. The van der Waals surface area contributed by atoms with Gasteiger partial charge in [0.05, 0.1) is 35.0 Å². The van der Waals surface area contributed by atoms with Crippen LogP contribution in [0.3, 0.4) is 0 Å². The van der Waals surface area contributed by atoms with Crippen LogP contribution in [0.5, 0.6) is 5.75 Å². The Bertz CT molecular complexity index is 1140. The first-order chi connectivity index (χ1) is 14.3. The third-order valence-corrected chi connectivity index (χ3v) is 7.68. The van der Waals surface area contributed by atoms with E-state index in [4.69, 9.17) is 19.6 Å². The molecule has 2 aliphatic rings. The molecule has 0 aliphatic carbocycles. The van der Waals surface area contributed by atoms with Crippen molar-refractivity contribution in [3.8, 4) is 24.0 Å². The van der Waals surface area contributed by atoms with Crippen LogP contribution < -0.4 is 4.74 Å². The minimum absolute atomic E-state index is 0.436. The van der Waals surface area contributed by atoms with Gasteiger partial charge in [-0.25, -0.2) is 0 Å². The number of thiophene rings is 1. The highest BCUT2D eigenvalue weighted by molar-refractivity contribution is 9.11. The van der Waals surface area contributed by atoms with Crippen molar-refractivity contribution in [1.29, 1.82) is 21.2 Å². The summed E-state index contributed by atoms with van der Waals surface area (Å²) in [6.45, 7) is 1.68. The monoisotopic (exact) mass is 482 g/mol. The lowest BCUT2D eigenvalue weighted by atomic mass is 9.54. The highest BCUT2D eigenvalue weighted by Gasteiger charge is 2.79. The van der Waals surface area contributed by atoms with E-state index in [9.17, 15) is 15.8 Å². The normalized spacial score (nSPS) is 31.1. The summed E-state index contributed by atoms with van der Waals surface area (Å²) in [5.41, 5.74) is -3.20. The molecule has 2 fully saturated rings. The zero-order valence-electron chi connectivity index (χ0n) is 16.0. The first kappa shape index (κ1) is 20.4. The van der Waals surface area contributed by atoms with Crippen molar-refractivity contribution in [3.63, 3.8) is 0 Å². The van der Waals surface area contributed by atoms with Crippen LogP contribution in [-0.4, -0.2) is 13.0 Å². The van der Waals surface area contributed by atoms with E-state index in [0.29, 0.717) is 16.2 Å². The van der Waals surface area contributed by atoms with Crippen LogP contribution in [0, 0.1) is 56.2 Å². The number of ether oxygens (including phenoxy) is 3. The number of fused-ring (bicyclic) bond motifs is 2. The average Bonchev–Trinajstić information content (AvgIpc) is 3.26. The molecule has 4 atom stereocenters. The molecule has 1 N–H and O–H groups in total. The molecule has 150 valence electrons. The first-order valence-electron chi connectivity index (χ1n) is 8.94. The van der Waals surface area contributed by atoms with Gasteiger partial charge in [-0.15, -0.1) is 11.3 Å². The maximum absolute atomic E-state index is 10.3. The molecule has 0 saturated carbocycles. The molecule has 30 heavy (non-hydrogen) atoms. The molecule has 4 unspecified atom stereocenters. The standard InChI is InChI=1S/C21H15BrN4O3S/c1-12-20(11-25)18(26)29-21(12,13-3-5-14(27-2)6-4-13)28-17(19(20,9-23)10-24)15-7-8-16(22)30-15/h3-8,12,17,26H,1-2H3. The molecule has 0 spiro atoms. The highest BCUT2D eigenvalue weighted by atomic mass is 79.9. The van der Waals surface area contributed by atoms with E-state index < -0.39 is 34.5 Å². The van der Waals surface area contributed by atoms with E-state index in [1.54, 1.807) is 50.4 Å². The van der Waals surface area contributed by atoms with Gasteiger partial charge in [-0.05, 0) is 52.3 Å². The maximum atomic E-state index is 10.3. The van der Waals surface area contributed by atoms with Crippen LogP contribution in [-0.2, 0) is 15.3 Å². The van der Waals surface area contributed by atoms with Crippen molar-refractivity contribution in [2.45, 2.75) is 18.8 Å². The molecule has 2 bridgehead atoms. The highest BCUT2D eigenvalue weighted by Crippen LogP contribution is 2.69. The summed E-state index contributed by atoms with van der Waals surface area (Å²) in [6, 6.07) is 16.7. The van der Waals surface area contributed by atoms with E-state index in [2.05, 4.69) is 22.0 Å². The van der Waals surface area contributed by atoms with Crippen LogP contribution >= 0.6 is 27.3 Å². The number of nitrogens with one attached hydrogen (secondary N) is 1. The molecule has 0 amide bonds. The molecule has 1 aromatic carbocycles. The van der Waals surface area contributed by atoms with Gasteiger partial charge < -0.3 is 14.2 Å². The molecule has 0 radical (unpaired) electrons. The van der Waals surface area contributed by atoms with Gasteiger partial charge >= 0.3 is 0 Å². The molecule has 4 rings (SSSR count). The first-order valence-corrected chi connectivity index (χ1v) is 10.6. The fourth-order valence-electron chi connectivity index (χ4n) is 4.41. The van der Waals surface area contributed by atoms with Gasteiger partial charge in [-0.1, -0.05) is 6.92 Å². The number of hydrogen-bond donors (Lipinski definition) is 1. The van der Waals surface area contributed by atoms with Crippen LogP contribution in [0.25, 0.3) is 0 Å². The predicted molar refractivity (Wildman–Crippen MR) is 110 cm³/mol. The molecular weight excluding hydrogens is 468 g/mol. The van der Waals surface area contributed by atoms with Gasteiger partial charge in [-0.2, -0.15) is 15.8 Å². The van der Waals surface area contributed by atoms with E-state index in [-0.39, 0.29) is 0 Å². The zero-order valence-corrected chi connectivity index (χ0v) is 18.4. The Kier molecular flexibility index (Phi) is 4.63. The number of halogens is 1. The lowest BCUT2D eigenvalue weighted by molar-refractivity contribution is -0.287. The van der Waals surface area contributed by atoms with Crippen molar-refractivity contribution < 1.29 is 14.2 Å². The van der Waals surface area contributed by atoms with Gasteiger partial charge in [0.25, 0.3) is 0 Å². The van der Waals surface area contributed by atoms with Crippen molar-refractivity contribution in [1.82, 2.24) is 0 Å². The molecule has 2 aromatic rings. The SMILES string of the molecule is COc1ccc(C23OC(=N)C(C#N)(C2C)C(C#N)(C#N)C(c2ccc(Br)s2)O3)cc1. The molecule has 1 aromatic heterocycles. The van der Waals surface area contributed by atoms with Crippen molar-refractivity contribution >= 4 is 33.2 Å². The predicted octanol–water partition coefficient (Wildman–Crippen LogP) is 4.63. The fourth-order valence-corrected chi connectivity index (χ4v) is 5.94. The minimum atomic E-state index is -1.96. The van der Waals surface area contributed by atoms with Crippen molar-refractivity contribution in [3.05, 3.63) is 50.6 Å². The number of nitriles is 3. The number of benzene rings is 1. The topological polar surface area (TPSA) is 123 Å². The molecular formula is C21H15BrN4O3S.